The summed E-state index contributed by atoms with van der Waals surface area (Å²) >= 11 is 0. The Morgan fingerprint density at radius 1 is 0.909 bits per heavy atom. The zero-order chi connectivity index (χ0) is 23.3. The molecule has 178 valence electrons. The number of hydrogen-bond donors (Lipinski definition) is 2. The van der Waals surface area contributed by atoms with Gasteiger partial charge in [-0.2, -0.15) is 0 Å². The van der Waals surface area contributed by atoms with E-state index in [9.17, 15) is 18.0 Å². The average molecular weight is 474 g/mol. The van der Waals surface area contributed by atoms with Crippen LogP contribution in [0.5, 0.6) is 0 Å². The Morgan fingerprint density at radius 3 is 2.27 bits per heavy atom. The molecule has 2 aromatic rings. The van der Waals surface area contributed by atoms with E-state index < -0.39 is 15.7 Å². The van der Waals surface area contributed by atoms with Crippen molar-refractivity contribution in [3.63, 3.8) is 0 Å². The van der Waals surface area contributed by atoms with Crippen molar-refractivity contribution in [2.45, 2.75) is 67.7 Å². The van der Waals surface area contributed by atoms with E-state index in [0.717, 1.165) is 12.8 Å². The lowest BCUT2D eigenvalue weighted by Gasteiger charge is -2.34. The van der Waals surface area contributed by atoms with Crippen LogP contribution >= 0.6 is 0 Å². The average Bonchev–Trinajstić information content (AvgIpc) is 3.28. The number of amides is 3. The second-order valence-electron chi connectivity index (χ2n) is 8.87. The third kappa shape index (κ3) is 5.96. The maximum atomic E-state index is 12.8. The third-order valence-corrected chi connectivity index (χ3v) is 8.13. The predicted molar refractivity (Wildman–Crippen MR) is 124 cm³/mol. The van der Waals surface area contributed by atoms with Crippen molar-refractivity contribution in [3.05, 3.63) is 54.0 Å². The van der Waals surface area contributed by atoms with E-state index in [-0.39, 0.29) is 34.5 Å². The lowest BCUT2D eigenvalue weighted by molar-refractivity contribution is 0.0888. The molecule has 4 rings (SSSR count). The van der Waals surface area contributed by atoms with Crippen molar-refractivity contribution in [1.29, 1.82) is 0 Å². The molecule has 2 N–H and O–H groups in total. The van der Waals surface area contributed by atoms with Gasteiger partial charge in [0, 0.05) is 30.7 Å². The molecule has 0 unspecified atom stereocenters. The first-order valence-corrected chi connectivity index (χ1v) is 13.3. The SMILES string of the molecule is O=C(NC1CCN(C(=O)NC2CCCCC2)CC1)c1occc1CS(=O)(=O)c1ccccc1. The highest BCUT2D eigenvalue weighted by molar-refractivity contribution is 7.90. The van der Waals surface area contributed by atoms with Crippen molar-refractivity contribution in [3.8, 4) is 0 Å². The van der Waals surface area contributed by atoms with Gasteiger partial charge < -0.3 is 20.0 Å². The summed E-state index contributed by atoms with van der Waals surface area (Å²) in [4.78, 5) is 27.3. The van der Waals surface area contributed by atoms with Crippen LogP contribution in [0, 0.1) is 0 Å². The van der Waals surface area contributed by atoms with Gasteiger partial charge in [-0.3, -0.25) is 4.79 Å². The van der Waals surface area contributed by atoms with Gasteiger partial charge >= 0.3 is 6.03 Å². The molecule has 0 bridgehead atoms. The van der Waals surface area contributed by atoms with Crippen molar-refractivity contribution in [2.75, 3.05) is 13.1 Å². The van der Waals surface area contributed by atoms with Crippen LogP contribution in [0.15, 0.2) is 52.0 Å². The molecule has 8 nitrogen and oxygen atoms in total. The van der Waals surface area contributed by atoms with Crippen LogP contribution in [-0.2, 0) is 15.6 Å². The first-order valence-electron chi connectivity index (χ1n) is 11.6. The van der Waals surface area contributed by atoms with Crippen LogP contribution in [-0.4, -0.2) is 50.4 Å². The number of sulfone groups is 1. The summed E-state index contributed by atoms with van der Waals surface area (Å²) in [6, 6.07) is 9.82. The summed E-state index contributed by atoms with van der Waals surface area (Å²) in [5.74, 6) is -0.717. The first-order chi connectivity index (χ1) is 15.9. The minimum Gasteiger partial charge on any atom is -0.459 e. The number of likely N-dealkylation sites (tertiary alicyclic amines) is 1. The molecular weight excluding hydrogens is 442 g/mol. The Hall–Kier alpha value is -2.81. The second kappa shape index (κ2) is 10.4. The summed E-state index contributed by atoms with van der Waals surface area (Å²) in [5, 5.41) is 6.08. The quantitative estimate of drug-likeness (QED) is 0.668. The highest BCUT2D eigenvalue weighted by atomic mass is 32.2. The Bertz CT molecular complexity index is 1050. The van der Waals surface area contributed by atoms with Crippen LogP contribution in [0.4, 0.5) is 4.79 Å². The zero-order valence-electron chi connectivity index (χ0n) is 18.7. The molecule has 2 fully saturated rings. The van der Waals surface area contributed by atoms with E-state index >= 15 is 0 Å². The van der Waals surface area contributed by atoms with E-state index in [2.05, 4.69) is 10.6 Å². The van der Waals surface area contributed by atoms with E-state index in [4.69, 9.17) is 4.42 Å². The van der Waals surface area contributed by atoms with E-state index in [1.54, 1.807) is 18.2 Å². The molecule has 1 aliphatic heterocycles. The summed E-state index contributed by atoms with van der Waals surface area (Å²) in [7, 11) is -3.59. The van der Waals surface area contributed by atoms with E-state index in [1.165, 1.54) is 43.7 Å². The number of benzene rings is 1. The van der Waals surface area contributed by atoms with Gasteiger partial charge in [-0.25, -0.2) is 13.2 Å². The van der Waals surface area contributed by atoms with Gasteiger partial charge in [-0.1, -0.05) is 37.5 Å². The number of urea groups is 1. The number of rotatable bonds is 6. The highest BCUT2D eigenvalue weighted by Crippen LogP contribution is 2.21. The summed E-state index contributed by atoms with van der Waals surface area (Å²) in [6.07, 6.45) is 8.29. The van der Waals surface area contributed by atoms with Crippen LogP contribution < -0.4 is 10.6 Å². The number of carbonyl (C=O) groups excluding carboxylic acids is 2. The fraction of sp³-hybridized carbons (Fsp3) is 0.500. The number of piperidine rings is 1. The van der Waals surface area contributed by atoms with Gasteiger partial charge in [0.2, 0.25) is 0 Å². The highest BCUT2D eigenvalue weighted by Gasteiger charge is 2.28. The monoisotopic (exact) mass is 473 g/mol. The minimum absolute atomic E-state index is 0.0203. The largest absolute Gasteiger partial charge is 0.459 e. The Balaban J connectivity index is 1.29. The Morgan fingerprint density at radius 2 is 1.58 bits per heavy atom. The Kier molecular flexibility index (Phi) is 7.37. The van der Waals surface area contributed by atoms with Gasteiger partial charge in [0.1, 0.15) is 0 Å². The van der Waals surface area contributed by atoms with Crippen molar-refractivity contribution in [2.24, 2.45) is 0 Å². The molecule has 1 aromatic carbocycles. The third-order valence-electron chi connectivity index (χ3n) is 6.45. The van der Waals surface area contributed by atoms with Crippen LogP contribution in [0.25, 0.3) is 0 Å². The van der Waals surface area contributed by atoms with Crippen molar-refractivity contribution >= 4 is 21.8 Å². The van der Waals surface area contributed by atoms with Crippen LogP contribution in [0.1, 0.15) is 61.1 Å². The summed E-state index contributed by atoms with van der Waals surface area (Å²) < 4.78 is 30.7. The summed E-state index contributed by atoms with van der Waals surface area (Å²) in [6.45, 7) is 1.13. The van der Waals surface area contributed by atoms with Gasteiger partial charge in [0.25, 0.3) is 5.91 Å². The predicted octanol–water partition coefficient (Wildman–Crippen LogP) is 3.49. The molecule has 33 heavy (non-hydrogen) atoms. The first kappa shape index (κ1) is 23.4. The van der Waals surface area contributed by atoms with Gasteiger partial charge in [0.15, 0.2) is 15.6 Å². The van der Waals surface area contributed by atoms with E-state index in [0.29, 0.717) is 31.5 Å². The normalized spacial score (nSPS) is 18.1. The molecule has 9 heteroatoms. The van der Waals surface area contributed by atoms with Crippen LogP contribution in [0.3, 0.4) is 0 Å². The topological polar surface area (TPSA) is 109 Å². The van der Waals surface area contributed by atoms with Crippen molar-refractivity contribution < 1.29 is 22.4 Å². The van der Waals surface area contributed by atoms with Gasteiger partial charge in [-0.05, 0) is 43.9 Å². The standard InChI is InChI=1S/C24H31N3O5S/c28-23(22-18(13-16-32-22)17-33(30,31)21-9-5-2-6-10-21)25-20-11-14-27(15-12-20)24(29)26-19-7-3-1-4-8-19/h2,5-6,9-10,13,16,19-20H,1,3-4,7-8,11-12,14-15,17H2,(H,25,28)(H,26,29). The lowest BCUT2D eigenvalue weighted by atomic mass is 9.95. The van der Waals surface area contributed by atoms with Gasteiger partial charge in [0.05, 0.1) is 16.9 Å². The number of furan rings is 1. The lowest BCUT2D eigenvalue weighted by Crippen LogP contribution is -2.51. The molecular formula is C24H31N3O5S. The molecule has 2 aliphatic rings. The zero-order valence-corrected chi connectivity index (χ0v) is 19.5. The molecule has 3 amide bonds. The maximum absolute atomic E-state index is 12.8. The number of nitrogens with zero attached hydrogens (tertiary/aromatic N) is 1. The molecule has 1 aromatic heterocycles. The van der Waals surface area contributed by atoms with E-state index in [1.807, 2.05) is 4.90 Å². The molecule has 1 saturated heterocycles. The van der Waals surface area contributed by atoms with Crippen LogP contribution in [0.2, 0.25) is 0 Å². The second-order valence-corrected chi connectivity index (χ2v) is 10.9. The molecule has 1 saturated carbocycles. The fourth-order valence-electron chi connectivity index (χ4n) is 4.56. The Labute approximate surface area is 194 Å². The van der Waals surface area contributed by atoms with Gasteiger partial charge in [-0.15, -0.1) is 0 Å². The smallest absolute Gasteiger partial charge is 0.317 e. The molecule has 0 atom stereocenters. The molecule has 0 spiro atoms. The number of hydrogen-bond acceptors (Lipinski definition) is 5. The number of carbonyl (C=O) groups is 2. The van der Waals surface area contributed by atoms with Crippen molar-refractivity contribution in [1.82, 2.24) is 15.5 Å². The maximum Gasteiger partial charge on any atom is 0.317 e. The fourth-order valence-corrected chi connectivity index (χ4v) is 5.93. The summed E-state index contributed by atoms with van der Waals surface area (Å²) in [5.41, 5.74) is 0.334. The minimum atomic E-state index is -3.59. The molecule has 1 aliphatic carbocycles. The molecule has 0 radical (unpaired) electrons. The molecule has 2 heterocycles. The number of nitrogens with one attached hydrogen (secondary N) is 2.